The van der Waals surface area contributed by atoms with Crippen molar-refractivity contribution in [3.8, 4) is 6.07 Å². The van der Waals surface area contributed by atoms with Gasteiger partial charge in [-0.05, 0) is 18.2 Å². The molecule has 0 spiro atoms. The average Bonchev–Trinajstić information content (AvgIpc) is 2.54. The van der Waals surface area contributed by atoms with Crippen LogP contribution in [0.3, 0.4) is 0 Å². The Bertz CT molecular complexity index is 889. The summed E-state index contributed by atoms with van der Waals surface area (Å²) in [6, 6.07) is 10.1. The van der Waals surface area contributed by atoms with Crippen LogP contribution in [0.25, 0.3) is 10.9 Å². The van der Waals surface area contributed by atoms with Gasteiger partial charge >= 0.3 is 0 Å². The summed E-state index contributed by atoms with van der Waals surface area (Å²) in [5.41, 5.74) is 1.92. The molecule has 1 aromatic carbocycles. The Morgan fingerprint density at radius 2 is 2.14 bits per heavy atom. The van der Waals surface area contributed by atoms with Crippen LogP contribution in [0.4, 0.5) is 10.1 Å². The molecule has 0 atom stereocenters. The second-order valence-corrected chi connectivity index (χ2v) is 5.01. The summed E-state index contributed by atoms with van der Waals surface area (Å²) in [7, 11) is 0. The lowest BCUT2D eigenvalue weighted by atomic mass is 10.1. The molecule has 4 nitrogen and oxygen atoms in total. The predicted molar refractivity (Wildman–Crippen MR) is 83.0 cm³/mol. The van der Waals surface area contributed by atoms with Crippen LogP contribution in [0.2, 0.25) is 5.15 Å². The lowest BCUT2D eigenvalue weighted by molar-refractivity contribution is 0.609. The highest BCUT2D eigenvalue weighted by molar-refractivity contribution is 6.30. The first-order chi connectivity index (χ1) is 10.7. The average molecular weight is 313 g/mol. The van der Waals surface area contributed by atoms with Gasteiger partial charge in [-0.2, -0.15) is 5.26 Å². The van der Waals surface area contributed by atoms with Gasteiger partial charge in [-0.3, -0.25) is 4.98 Å². The zero-order valence-electron chi connectivity index (χ0n) is 11.3. The Morgan fingerprint density at radius 1 is 1.27 bits per heavy atom. The van der Waals surface area contributed by atoms with E-state index in [0.717, 1.165) is 11.1 Å². The Labute approximate surface area is 131 Å². The molecule has 0 saturated heterocycles. The van der Waals surface area contributed by atoms with E-state index in [-0.39, 0.29) is 12.1 Å². The molecule has 1 N–H and O–H groups in total. The van der Waals surface area contributed by atoms with Crippen molar-refractivity contribution >= 4 is 28.2 Å². The molecule has 2 aromatic heterocycles. The van der Waals surface area contributed by atoms with Crippen molar-refractivity contribution in [3.63, 3.8) is 0 Å². The fourth-order valence-electron chi connectivity index (χ4n) is 2.17. The third kappa shape index (κ3) is 2.69. The molecule has 0 unspecified atom stereocenters. The van der Waals surface area contributed by atoms with Gasteiger partial charge in [0, 0.05) is 29.4 Å². The van der Waals surface area contributed by atoms with Crippen molar-refractivity contribution in [2.45, 2.75) is 6.54 Å². The molecule has 22 heavy (non-hydrogen) atoms. The topological polar surface area (TPSA) is 61.6 Å². The molecule has 0 aliphatic carbocycles. The zero-order chi connectivity index (χ0) is 15.5. The maximum atomic E-state index is 14.0. The molecule has 0 radical (unpaired) electrons. The Kier molecular flexibility index (Phi) is 3.86. The van der Waals surface area contributed by atoms with Gasteiger partial charge in [0.05, 0.1) is 17.3 Å². The SMILES string of the molecule is N#Cc1cccc(CNc2ccnc3cnc(Cl)cc23)c1F. The summed E-state index contributed by atoms with van der Waals surface area (Å²) in [4.78, 5) is 8.19. The number of aromatic nitrogens is 2. The molecule has 0 amide bonds. The van der Waals surface area contributed by atoms with Crippen LogP contribution in [-0.4, -0.2) is 9.97 Å². The van der Waals surface area contributed by atoms with Crippen LogP contribution >= 0.6 is 11.6 Å². The molecule has 6 heteroatoms. The van der Waals surface area contributed by atoms with Crippen molar-refractivity contribution in [1.29, 1.82) is 5.26 Å². The van der Waals surface area contributed by atoms with Crippen LogP contribution in [0, 0.1) is 17.1 Å². The van der Waals surface area contributed by atoms with Gasteiger partial charge in [-0.25, -0.2) is 9.37 Å². The van der Waals surface area contributed by atoms with Crippen LogP contribution in [0.1, 0.15) is 11.1 Å². The first-order valence-electron chi connectivity index (χ1n) is 6.50. The van der Waals surface area contributed by atoms with Gasteiger partial charge in [-0.15, -0.1) is 0 Å². The molecular formula is C16H10ClFN4. The summed E-state index contributed by atoms with van der Waals surface area (Å²) in [6.07, 6.45) is 3.22. The van der Waals surface area contributed by atoms with Gasteiger partial charge in [-0.1, -0.05) is 23.7 Å². The number of hydrogen-bond acceptors (Lipinski definition) is 4. The number of anilines is 1. The number of benzene rings is 1. The number of nitrogens with one attached hydrogen (secondary N) is 1. The highest BCUT2D eigenvalue weighted by Crippen LogP contribution is 2.24. The standard InChI is InChI=1S/C16H10ClFN4/c17-15-6-12-13(4-5-20-14(12)9-22-15)21-8-11-3-1-2-10(7-19)16(11)18/h1-6,9H,8H2,(H,20,21). The third-order valence-corrected chi connectivity index (χ3v) is 3.47. The predicted octanol–water partition coefficient (Wildman–Crippen LogP) is 3.91. The normalized spacial score (nSPS) is 10.4. The van der Waals surface area contributed by atoms with Crippen molar-refractivity contribution < 1.29 is 4.39 Å². The van der Waals surface area contributed by atoms with E-state index >= 15 is 0 Å². The van der Waals surface area contributed by atoms with E-state index in [1.807, 2.05) is 6.07 Å². The third-order valence-electron chi connectivity index (χ3n) is 3.26. The van der Waals surface area contributed by atoms with Crippen molar-refractivity contribution in [3.05, 3.63) is 64.8 Å². The number of pyridine rings is 2. The molecular weight excluding hydrogens is 303 g/mol. The number of halogens is 2. The van der Waals surface area contributed by atoms with E-state index in [1.165, 1.54) is 6.07 Å². The Hall–Kier alpha value is -2.71. The molecule has 108 valence electrons. The smallest absolute Gasteiger partial charge is 0.145 e. The van der Waals surface area contributed by atoms with Gasteiger partial charge < -0.3 is 5.32 Å². The van der Waals surface area contributed by atoms with Gasteiger partial charge in [0.25, 0.3) is 0 Å². The van der Waals surface area contributed by atoms with Crippen molar-refractivity contribution in [2.75, 3.05) is 5.32 Å². The number of rotatable bonds is 3. The van der Waals surface area contributed by atoms with E-state index in [9.17, 15) is 4.39 Å². The van der Waals surface area contributed by atoms with E-state index in [2.05, 4.69) is 15.3 Å². The van der Waals surface area contributed by atoms with Gasteiger partial charge in [0.1, 0.15) is 17.0 Å². The van der Waals surface area contributed by atoms with E-state index in [4.69, 9.17) is 16.9 Å². The maximum absolute atomic E-state index is 14.0. The van der Waals surface area contributed by atoms with Crippen LogP contribution in [-0.2, 0) is 6.54 Å². The summed E-state index contributed by atoms with van der Waals surface area (Å²) < 4.78 is 14.0. The molecule has 0 fully saturated rings. The second kappa shape index (κ2) is 5.96. The number of nitriles is 1. The summed E-state index contributed by atoms with van der Waals surface area (Å²) in [5.74, 6) is -0.504. The number of fused-ring (bicyclic) bond motifs is 1. The Morgan fingerprint density at radius 3 is 2.95 bits per heavy atom. The van der Waals surface area contributed by atoms with E-state index in [1.54, 1.807) is 36.7 Å². The second-order valence-electron chi connectivity index (χ2n) is 4.63. The minimum Gasteiger partial charge on any atom is -0.380 e. The first kappa shape index (κ1) is 14.2. The molecule has 0 saturated carbocycles. The maximum Gasteiger partial charge on any atom is 0.145 e. The van der Waals surface area contributed by atoms with Crippen molar-refractivity contribution in [2.24, 2.45) is 0 Å². The molecule has 3 rings (SSSR count). The fourth-order valence-corrected chi connectivity index (χ4v) is 2.33. The molecule has 2 heterocycles. The lowest BCUT2D eigenvalue weighted by Crippen LogP contribution is -2.04. The molecule has 0 bridgehead atoms. The summed E-state index contributed by atoms with van der Waals surface area (Å²) in [6.45, 7) is 0.250. The number of hydrogen-bond donors (Lipinski definition) is 1. The lowest BCUT2D eigenvalue weighted by Gasteiger charge is -2.10. The number of nitrogens with zero attached hydrogens (tertiary/aromatic N) is 3. The minimum atomic E-state index is -0.504. The Balaban J connectivity index is 1.92. The largest absolute Gasteiger partial charge is 0.380 e. The highest BCUT2D eigenvalue weighted by atomic mass is 35.5. The van der Waals surface area contributed by atoms with Gasteiger partial charge in [0.2, 0.25) is 0 Å². The zero-order valence-corrected chi connectivity index (χ0v) is 12.1. The molecule has 0 aliphatic rings. The minimum absolute atomic E-state index is 0.0335. The van der Waals surface area contributed by atoms with E-state index < -0.39 is 5.82 Å². The molecule has 3 aromatic rings. The van der Waals surface area contributed by atoms with Crippen LogP contribution < -0.4 is 5.32 Å². The van der Waals surface area contributed by atoms with Crippen LogP contribution in [0.5, 0.6) is 0 Å². The highest BCUT2D eigenvalue weighted by Gasteiger charge is 2.08. The monoisotopic (exact) mass is 312 g/mol. The van der Waals surface area contributed by atoms with Crippen molar-refractivity contribution in [1.82, 2.24) is 9.97 Å². The summed E-state index contributed by atoms with van der Waals surface area (Å²) in [5, 5.41) is 13.2. The quantitative estimate of drug-likeness (QED) is 0.745. The molecule has 0 aliphatic heterocycles. The van der Waals surface area contributed by atoms with E-state index in [0.29, 0.717) is 16.2 Å². The van der Waals surface area contributed by atoms with Gasteiger partial charge in [0.15, 0.2) is 0 Å². The van der Waals surface area contributed by atoms with Crippen LogP contribution in [0.15, 0.2) is 42.7 Å². The summed E-state index contributed by atoms with van der Waals surface area (Å²) >= 11 is 5.91. The first-order valence-corrected chi connectivity index (χ1v) is 6.88. The fraction of sp³-hybridized carbons (Fsp3) is 0.0625.